The molecule has 0 bridgehead atoms. The molecule has 0 aliphatic carbocycles. The van der Waals surface area contributed by atoms with Gasteiger partial charge in [0.25, 0.3) is 0 Å². The van der Waals surface area contributed by atoms with E-state index in [1.165, 1.54) is 11.1 Å². The molecule has 1 aromatic rings. The predicted octanol–water partition coefficient (Wildman–Crippen LogP) is 4.02. The van der Waals surface area contributed by atoms with Crippen LogP contribution >= 0.6 is 0 Å². The van der Waals surface area contributed by atoms with E-state index in [-0.39, 0.29) is 11.4 Å². The normalized spacial score (nSPS) is 17.1. The van der Waals surface area contributed by atoms with E-state index in [2.05, 4.69) is 32.9 Å². The van der Waals surface area contributed by atoms with E-state index in [1.54, 1.807) is 0 Å². The molecule has 0 radical (unpaired) electrons. The Morgan fingerprint density at radius 2 is 1.89 bits per heavy atom. The van der Waals surface area contributed by atoms with E-state index in [4.69, 9.17) is 0 Å². The lowest BCUT2D eigenvalue weighted by Crippen LogP contribution is -2.48. The lowest BCUT2D eigenvalue weighted by molar-refractivity contribution is -0.119. The van der Waals surface area contributed by atoms with Crippen LogP contribution in [0.2, 0.25) is 0 Å². The third-order valence-electron chi connectivity index (χ3n) is 3.53. The van der Waals surface area contributed by atoms with E-state index in [0.29, 0.717) is 6.42 Å². The third-order valence-corrected chi connectivity index (χ3v) is 3.53. The Morgan fingerprint density at radius 3 is 2.50 bits per heavy atom. The van der Waals surface area contributed by atoms with Crippen molar-refractivity contribution in [2.45, 2.75) is 46.1 Å². The van der Waals surface area contributed by atoms with Gasteiger partial charge in [0.15, 0.2) is 0 Å². The number of hydrogen-bond donors (Lipinski definition) is 0. The van der Waals surface area contributed by atoms with Crippen LogP contribution in [0.4, 0.5) is 5.69 Å². The Bertz CT molecular complexity index is 500. The molecule has 2 nitrogen and oxygen atoms in total. The van der Waals surface area contributed by atoms with Crippen LogP contribution < -0.4 is 4.90 Å². The Morgan fingerprint density at radius 1 is 1.22 bits per heavy atom. The van der Waals surface area contributed by atoms with Gasteiger partial charge in [-0.2, -0.15) is 0 Å². The number of amides is 1. The highest BCUT2D eigenvalue weighted by atomic mass is 16.2. The van der Waals surface area contributed by atoms with Crippen LogP contribution in [0.1, 0.15) is 46.1 Å². The van der Waals surface area contributed by atoms with Gasteiger partial charge in [0.1, 0.15) is 0 Å². The zero-order valence-electron chi connectivity index (χ0n) is 11.7. The molecule has 0 unspecified atom stereocenters. The average Bonchev–Trinajstić information content (AvgIpc) is 2.36. The second-order valence-corrected chi connectivity index (χ2v) is 5.28. The molecule has 0 fully saturated rings. The number of para-hydroxylation sites is 1. The molecule has 1 amide bonds. The van der Waals surface area contributed by atoms with E-state index >= 15 is 0 Å². The van der Waals surface area contributed by atoms with Gasteiger partial charge < -0.3 is 4.90 Å². The smallest absolute Gasteiger partial charge is 0.227 e. The first kappa shape index (κ1) is 12.9. The van der Waals surface area contributed by atoms with Gasteiger partial charge in [0.2, 0.25) is 5.91 Å². The lowest BCUT2D eigenvalue weighted by atomic mass is 9.87. The molecule has 0 N–H and O–H groups in total. The fourth-order valence-electron chi connectivity index (χ4n) is 2.73. The Hall–Kier alpha value is -1.57. The highest BCUT2D eigenvalue weighted by molar-refractivity contribution is 6.00. The number of carbonyl (C=O) groups is 1. The molecular weight excluding hydrogens is 222 g/mol. The van der Waals surface area contributed by atoms with Crippen molar-refractivity contribution in [1.29, 1.82) is 0 Å². The van der Waals surface area contributed by atoms with E-state index in [9.17, 15) is 4.79 Å². The maximum Gasteiger partial charge on any atom is 0.227 e. The molecule has 0 aromatic heterocycles. The zero-order valence-corrected chi connectivity index (χ0v) is 11.7. The summed E-state index contributed by atoms with van der Waals surface area (Å²) in [4.78, 5) is 14.2. The van der Waals surface area contributed by atoms with E-state index in [0.717, 1.165) is 12.1 Å². The summed E-state index contributed by atoms with van der Waals surface area (Å²) in [6.07, 6.45) is 3.75. The number of hydrogen-bond acceptors (Lipinski definition) is 1. The van der Waals surface area contributed by atoms with Gasteiger partial charge in [0, 0.05) is 12.0 Å². The zero-order chi connectivity index (χ0) is 13.3. The first-order valence-electron chi connectivity index (χ1n) is 6.65. The van der Waals surface area contributed by atoms with Crippen molar-refractivity contribution in [1.82, 2.24) is 0 Å². The second-order valence-electron chi connectivity index (χ2n) is 5.28. The summed E-state index contributed by atoms with van der Waals surface area (Å²) in [6, 6.07) is 8.20. The van der Waals surface area contributed by atoms with Gasteiger partial charge in [-0.3, -0.25) is 4.79 Å². The number of rotatable bonds is 2. The average molecular weight is 243 g/mol. The molecule has 0 saturated carbocycles. The van der Waals surface area contributed by atoms with Gasteiger partial charge in [-0.15, -0.1) is 0 Å². The first-order valence-corrected chi connectivity index (χ1v) is 6.65. The number of carbonyl (C=O) groups excluding carboxylic acids is 1. The predicted molar refractivity (Wildman–Crippen MR) is 76.6 cm³/mol. The van der Waals surface area contributed by atoms with Crippen LogP contribution in [0.5, 0.6) is 0 Å². The summed E-state index contributed by atoms with van der Waals surface area (Å²) in [5, 5.41) is 0. The molecular formula is C16H21NO. The summed E-state index contributed by atoms with van der Waals surface area (Å²) in [6.45, 7) is 8.29. The Kier molecular flexibility index (Phi) is 3.29. The Labute approximate surface area is 109 Å². The van der Waals surface area contributed by atoms with Crippen molar-refractivity contribution in [2.24, 2.45) is 0 Å². The van der Waals surface area contributed by atoms with Crippen LogP contribution in [0.15, 0.2) is 30.3 Å². The van der Waals surface area contributed by atoms with Crippen LogP contribution in [0.25, 0.3) is 5.57 Å². The highest BCUT2D eigenvalue weighted by Gasteiger charge is 2.35. The van der Waals surface area contributed by atoms with Gasteiger partial charge in [0.05, 0.1) is 11.2 Å². The lowest BCUT2D eigenvalue weighted by Gasteiger charge is -2.42. The fourth-order valence-corrected chi connectivity index (χ4v) is 2.73. The number of anilines is 1. The number of allylic oxidation sites excluding steroid dienone is 1. The van der Waals surface area contributed by atoms with Gasteiger partial charge in [-0.1, -0.05) is 38.1 Å². The molecule has 0 saturated heterocycles. The molecule has 1 aliphatic rings. The van der Waals surface area contributed by atoms with Crippen molar-refractivity contribution in [3.8, 4) is 0 Å². The number of fused-ring (bicyclic) bond motifs is 1. The number of benzene rings is 1. The minimum atomic E-state index is -0.243. The van der Waals surface area contributed by atoms with Crippen molar-refractivity contribution in [3.63, 3.8) is 0 Å². The van der Waals surface area contributed by atoms with Gasteiger partial charge in [-0.25, -0.2) is 0 Å². The molecule has 1 heterocycles. The standard InChI is InChI=1S/C16H21NO/c1-5-12-11-16(3,4)17(15(18)6-2)14-10-8-7-9-13(12)14/h7-11H,5-6H2,1-4H3. The first-order chi connectivity index (χ1) is 8.51. The van der Waals surface area contributed by atoms with Gasteiger partial charge >= 0.3 is 0 Å². The molecule has 1 aliphatic heterocycles. The van der Waals surface area contributed by atoms with E-state index in [1.807, 2.05) is 30.0 Å². The SMILES string of the molecule is CCC(=O)N1c2ccccc2C(CC)=CC1(C)C. The van der Waals surface area contributed by atoms with E-state index < -0.39 is 0 Å². The van der Waals surface area contributed by atoms with Crippen LogP contribution in [0, 0.1) is 0 Å². The molecule has 0 atom stereocenters. The van der Waals surface area contributed by atoms with Crippen molar-refractivity contribution in [3.05, 3.63) is 35.9 Å². The molecule has 1 aromatic carbocycles. The summed E-state index contributed by atoms with van der Waals surface area (Å²) in [5.74, 6) is 0.179. The van der Waals surface area contributed by atoms with Crippen molar-refractivity contribution in [2.75, 3.05) is 4.90 Å². The summed E-state index contributed by atoms with van der Waals surface area (Å²) in [7, 11) is 0. The highest BCUT2D eigenvalue weighted by Crippen LogP contribution is 2.40. The summed E-state index contributed by atoms with van der Waals surface area (Å²) in [5.41, 5.74) is 3.33. The summed E-state index contributed by atoms with van der Waals surface area (Å²) >= 11 is 0. The summed E-state index contributed by atoms with van der Waals surface area (Å²) < 4.78 is 0. The largest absolute Gasteiger partial charge is 0.303 e. The van der Waals surface area contributed by atoms with Crippen LogP contribution in [0.3, 0.4) is 0 Å². The molecule has 2 rings (SSSR count). The van der Waals surface area contributed by atoms with Crippen LogP contribution in [-0.2, 0) is 4.79 Å². The Balaban J connectivity index is 2.63. The fraction of sp³-hybridized carbons (Fsp3) is 0.438. The monoisotopic (exact) mass is 243 g/mol. The molecule has 18 heavy (non-hydrogen) atoms. The minimum absolute atomic E-state index is 0.179. The second kappa shape index (κ2) is 4.60. The number of nitrogens with zero attached hydrogens (tertiary/aromatic N) is 1. The van der Waals surface area contributed by atoms with Crippen molar-refractivity contribution < 1.29 is 4.79 Å². The molecule has 96 valence electrons. The van der Waals surface area contributed by atoms with Gasteiger partial charge in [-0.05, 0) is 31.9 Å². The quantitative estimate of drug-likeness (QED) is 0.768. The maximum absolute atomic E-state index is 12.2. The topological polar surface area (TPSA) is 20.3 Å². The van der Waals surface area contributed by atoms with Crippen LogP contribution in [-0.4, -0.2) is 11.4 Å². The molecule has 0 spiro atoms. The molecule has 2 heteroatoms. The van der Waals surface area contributed by atoms with Crippen molar-refractivity contribution >= 4 is 17.2 Å². The minimum Gasteiger partial charge on any atom is -0.303 e. The maximum atomic E-state index is 12.2. The third kappa shape index (κ3) is 1.96.